The van der Waals surface area contributed by atoms with Crippen molar-refractivity contribution in [3.63, 3.8) is 0 Å². The largest absolute Gasteiger partial charge is 0.391 e. The van der Waals surface area contributed by atoms with Crippen LogP contribution in [0.15, 0.2) is 24.3 Å². The molecule has 1 aliphatic heterocycles. The number of nitrogens with one attached hydrogen (secondary N) is 1. The summed E-state index contributed by atoms with van der Waals surface area (Å²) in [4.78, 5) is 2.44. The fourth-order valence-electron chi connectivity index (χ4n) is 3.06. The number of hydrogen-bond acceptors (Lipinski definition) is 3. The van der Waals surface area contributed by atoms with Gasteiger partial charge in [0, 0.05) is 38.6 Å². The lowest BCUT2D eigenvalue weighted by atomic mass is 9.85. The van der Waals surface area contributed by atoms with Crippen LogP contribution in [0.2, 0.25) is 0 Å². The van der Waals surface area contributed by atoms with Crippen molar-refractivity contribution in [1.82, 2.24) is 10.2 Å². The zero-order chi connectivity index (χ0) is 11.7. The van der Waals surface area contributed by atoms with E-state index in [1.54, 1.807) is 0 Å². The van der Waals surface area contributed by atoms with E-state index in [9.17, 15) is 5.11 Å². The van der Waals surface area contributed by atoms with Crippen LogP contribution >= 0.6 is 0 Å². The molecule has 1 aromatic carbocycles. The molecule has 17 heavy (non-hydrogen) atoms. The van der Waals surface area contributed by atoms with Crippen LogP contribution in [-0.4, -0.2) is 48.3 Å². The average Bonchev–Trinajstić information content (AvgIpc) is 2.39. The maximum atomic E-state index is 10.3. The molecule has 3 heteroatoms. The highest BCUT2D eigenvalue weighted by molar-refractivity contribution is 5.31. The molecule has 0 bridgehead atoms. The summed E-state index contributed by atoms with van der Waals surface area (Å²) in [7, 11) is 0. The zero-order valence-electron chi connectivity index (χ0n) is 10.1. The first kappa shape index (κ1) is 11.2. The third kappa shape index (κ3) is 2.23. The number of hydrogen-bond donors (Lipinski definition) is 2. The monoisotopic (exact) mass is 232 g/mol. The number of aliphatic hydroxyl groups is 1. The lowest BCUT2D eigenvalue weighted by Crippen LogP contribution is -2.54. The lowest BCUT2D eigenvalue weighted by molar-refractivity contribution is 0.0362. The molecule has 2 N–H and O–H groups in total. The Morgan fingerprint density at radius 3 is 2.41 bits per heavy atom. The summed E-state index contributed by atoms with van der Waals surface area (Å²) in [5.41, 5.74) is 2.74. The van der Waals surface area contributed by atoms with Gasteiger partial charge in [-0.3, -0.25) is 4.90 Å². The van der Waals surface area contributed by atoms with Crippen LogP contribution < -0.4 is 5.32 Å². The molecule has 1 heterocycles. The molecule has 1 fully saturated rings. The van der Waals surface area contributed by atoms with Crippen molar-refractivity contribution >= 4 is 0 Å². The standard InChI is InChI=1S/C14H20N2O/c17-14-10-12-4-2-1-3-11(12)9-13(14)16-7-5-15-6-8-16/h1-4,13-15,17H,5-10H2. The van der Waals surface area contributed by atoms with E-state index in [1.165, 1.54) is 11.1 Å². The molecule has 2 atom stereocenters. The van der Waals surface area contributed by atoms with Crippen molar-refractivity contribution < 1.29 is 5.11 Å². The van der Waals surface area contributed by atoms with Crippen LogP contribution in [0.3, 0.4) is 0 Å². The van der Waals surface area contributed by atoms with Crippen LogP contribution in [0.25, 0.3) is 0 Å². The second-order valence-electron chi connectivity index (χ2n) is 5.10. The Balaban J connectivity index is 1.79. The molecule has 0 spiro atoms. The summed E-state index contributed by atoms with van der Waals surface area (Å²) in [6, 6.07) is 8.83. The second kappa shape index (κ2) is 4.77. The summed E-state index contributed by atoms with van der Waals surface area (Å²) >= 11 is 0. The minimum absolute atomic E-state index is 0.206. The molecule has 3 rings (SSSR count). The third-order valence-corrected chi connectivity index (χ3v) is 4.04. The summed E-state index contributed by atoms with van der Waals surface area (Å²) in [6.07, 6.45) is 1.60. The molecule has 1 aliphatic carbocycles. The fourth-order valence-corrected chi connectivity index (χ4v) is 3.06. The first-order chi connectivity index (χ1) is 8.34. The van der Waals surface area contributed by atoms with Gasteiger partial charge in [-0.1, -0.05) is 24.3 Å². The highest BCUT2D eigenvalue weighted by Gasteiger charge is 2.31. The number of fused-ring (bicyclic) bond motifs is 1. The van der Waals surface area contributed by atoms with Crippen molar-refractivity contribution in [3.05, 3.63) is 35.4 Å². The van der Waals surface area contributed by atoms with Gasteiger partial charge in [-0.15, -0.1) is 0 Å². The van der Waals surface area contributed by atoms with Crippen LogP contribution in [0.5, 0.6) is 0 Å². The van der Waals surface area contributed by atoms with Crippen molar-refractivity contribution in [2.45, 2.75) is 25.0 Å². The molecule has 3 nitrogen and oxygen atoms in total. The first-order valence-electron chi connectivity index (χ1n) is 6.54. The van der Waals surface area contributed by atoms with Gasteiger partial charge in [0.1, 0.15) is 0 Å². The Morgan fingerprint density at radius 1 is 1.06 bits per heavy atom. The van der Waals surface area contributed by atoms with Crippen LogP contribution in [0.1, 0.15) is 11.1 Å². The van der Waals surface area contributed by atoms with E-state index in [2.05, 4.69) is 34.5 Å². The zero-order valence-corrected chi connectivity index (χ0v) is 10.1. The molecule has 0 radical (unpaired) electrons. The number of rotatable bonds is 1. The van der Waals surface area contributed by atoms with E-state index in [1.807, 2.05) is 0 Å². The normalized spacial score (nSPS) is 29.9. The Labute approximate surface area is 102 Å². The lowest BCUT2D eigenvalue weighted by Gasteiger charge is -2.40. The number of benzene rings is 1. The minimum Gasteiger partial charge on any atom is -0.391 e. The van der Waals surface area contributed by atoms with Crippen molar-refractivity contribution in [3.8, 4) is 0 Å². The summed E-state index contributed by atoms with van der Waals surface area (Å²) in [6.45, 7) is 4.21. The van der Waals surface area contributed by atoms with E-state index in [0.717, 1.165) is 39.0 Å². The minimum atomic E-state index is -0.206. The van der Waals surface area contributed by atoms with Crippen molar-refractivity contribution in [2.24, 2.45) is 0 Å². The van der Waals surface area contributed by atoms with E-state index >= 15 is 0 Å². The Morgan fingerprint density at radius 2 is 1.71 bits per heavy atom. The Hall–Kier alpha value is -0.900. The molecule has 1 aromatic rings. The second-order valence-corrected chi connectivity index (χ2v) is 5.10. The van der Waals surface area contributed by atoms with Gasteiger partial charge in [-0.25, -0.2) is 0 Å². The average molecular weight is 232 g/mol. The topological polar surface area (TPSA) is 35.5 Å². The Bertz CT molecular complexity index is 388. The molecule has 0 amide bonds. The van der Waals surface area contributed by atoms with Gasteiger partial charge in [0.2, 0.25) is 0 Å². The highest BCUT2D eigenvalue weighted by Crippen LogP contribution is 2.25. The van der Waals surface area contributed by atoms with E-state index in [0.29, 0.717) is 6.04 Å². The van der Waals surface area contributed by atoms with Gasteiger partial charge in [-0.05, 0) is 17.5 Å². The predicted octanol–water partition coefficient (Wildman–Crippen LogP) is 0.420. The number of aliphatic hydroxyl groups excluding tert-OH is 1. The van der Waals surface area contributed by atoms with Crippen LogP contribution in [0.4, 0.5) is 0 Å². The van der Waals surface area contributed by atoms with E-state index < -0.39 is 0 Å². The molecule has 92 valence electrons. The van der Waals surface area contributed by atoms with Gasteiger partial charge >= 0.3 is 0 Å². The first-order valence-corrected chi connectivity index (χ1v) is 6.54. The van der Waals surface area contributed by atoms with Gasteiger partial charge < -0.3 is 10.4 Å². The van der Waals surface area contributed by atoms with Crippen molar-refractivity contribution in [2.75, 3.05) is 26.2 Å². The summed E-state index contributed by atoms with van der Waals surface area (Å²) in [5, 5.41) is 13.7. The van der Waals surface area contributed by atoms with Gasteiger partial charge in [0.15, 0.2) is 0 Å². The molecular formula is C14H20N2O. The third-order valence-electron chi connectivity index (χ3n) is 4.04. The summed E-state index contributed by atoms with van der Waals surface area (Å²) < 4.78 is 0. The van der Waals surface area contributed by atoms with Crippen LogP contribution in [-0.2, 0) is 12.8 Å². The van der Waals surface area contributed by atoms with E-state index in [4.69, 9.17) is 0 Å². The van der Waals surface area contributed by atoms with Gasteiger partial charge in [0.05, 0.1) is 6.10 Å². The highest BCUT2D eigenvalue weighted by atomic mass is 16.3. The maximum Gasteiger partial charge on any atom is 0.0739 e. The molecule has 2 unspecified atom stereocenters. The summed E-state index contributed by atoms with van der Waals surface area (Å²) in [5.74, 6) is 0. The van der Waals surface area contributed by atoms with Gasteiger partial charge in [-0.2, -0.15) is 0 Å². The van der Waals surface area contributed by atoms with Crippen LogP contribution in [0, 0.1) is 0 Å². The SMILES string of the molecule is OC1Cc2ccccc2CC1N1CCNCC1. The predicted molar refractivity (Wildman–Crippen MR) is 68.1 cm³/mol. The number of piperazine rings is 1. The molecule has 0 aromatic heterocycles. The van der Waals surface area contributed by atoms with E-state index in [-0.39, 0.29) is 6.10 Å². The quantitative estimate of drug-likeness (QED) is 0.736. The number of nitrogens with zero attached hydrogens (tertiary/aromatic N) is 1. The molecule has 0 saturated carbocycles. The smallest absolute Gasteiger partial charge is 0.0739 e. The Kier molecular flexibility index (Phi) is 3.14. The fraction of sp³-hybridized carbons (Fsp3) is 0.571. The molecular weight excluding hydrogens is 212 g/mol. The maximum absolute atomic E-state index is 10.3. The molecule has 2 aliphatic rings. The van der Waals surface area contributed by atoms with Crippen molar-refractivity contribution in [1.29, 1.82) is 0 Å². The molecule has 1 saturated heterocycles. The van der Waals surface area contributed by atoms with Gasteiger partial charge in [0.25, 0.3) is 0 Å².